The summed E-state index contributed by atoms with van der Waals surface area (Å²) < 4.78 is 33.7. The molecule has 0 radical (unpaired) electrons. The highest BCUT2D eigenvalue weighted by Crippen LogP contribution is 2.32. The second-order valence-corrected chi connectivity index (χ2v) is 11.8. The molecule has 1 aromatic carbocycles. The van der Waals surface area contributed by atoms with E-state index in [9.17, 15) is 23.2 Å². The monoisotopic (exact) mass is 570 g/mol. The van der Waals surface area contributed by atoms with Crippen LogP contribution in [-0.4, -0.2) is 68.1 Å². The number of hydrogen-bond donors (Lipinski definition) is 2. The van der Waals surface area contributed by atoms with Gasteiger partial charge in [0, 0.05) is 36.6 Å². The number of carbonyl (C=O) groups is 3. The van der Waals surface area contributed by atoms with Crippen LogP contribution in [0.3, 0.4) is 0 Å². The predicted molar refractivity (Wildman–Crippen MR) is 145 cm³/mol. The van der Waals surface area contributed by atoms with Crippen molar-refractivity contribution >= 4 is 52.0 Å². The van der Waals surface area contributed by atoms with Gasteiger partial charge >= 0.3 is 0 Å². The Kier molecular flexibility index (Phi) is 10.2. The molecule has 0 saturated carbocycles. The van der Waals surface area contributed by atoms with E-state index >= 15 is 0 Å². The van der Waals surface area contributed by atoms with Crippen LogP contribution in [0.15, 0.2) is 30.3 Å². The van der Waals surface area contributed by atoms with Crippen molar-refractivity contribution in [1.82, 2.24) is 10.2 Å². The number of hydrogen-bond acceptors (Lipinski definition) is 6. The first-order chi connectivity index (χ1) is 17.9. The Balaban J connectivity index is 1.84. The number of halogens is 3. The number of likely N-dealkylation sites (N-methyl/N-ethyl adjacent to an activating group) is 1. The standard InChI is InChI=1S/C26H33ClF2N4O4S/c1-5-32(15-26(2,3)4)19(13-30-25(36)20-8-9-21(27)38-20)24(35)31-18-7-6-16(12-17(18)23(28)29)33-10-11-37-14-22(33)34/h6-9,12,19,23H,5,10-11,13-15H2,1-4H3,(H,30,36)(H,31,35)/t19-/m1/s1. The topological polar surface area (TPSA) is 91.0 Å². The van der Waals surface area contributed by atoms with Gasteiger partial charge in [0.15, 0.2) is 0 Å². The van der Waals surface area contributed by atoms with Gasteiger partial charge in [0.1, 0.15) is 12.6 Å². The lowest BCUT2D eigenvalue weighted by Crippen LogP contribution is -2.52. The third kappa shape index (κ3) is 7.95. The average Bonchev–Trinajstić information content (AvgIpc) is 3.29. The summed E-state index contributed by atoms with van der Waals surface area (Å²) in [5, 5.41) is 5.42. The first-order valence-corrected chi connectivity index (χ1v) is 13.5. The van der Waals surface area contributed by atoms with Crippen LogP contribution in [0.2, 0.25) is 4.34 Å². The predicted octanol–water partition coefficient (Wildman–Crippen LogP) is 4.81. The molecule has 2 aromatic rings. The summed E-state index contributed by atoms with van der Waals surface area (Å²) in [6.07, 6.45) is -2.89. The summed E-state index contributed by atoms with van der Waals surface area (Å²) >= 11 is 7.06. The fraction of sp³-hybridized carbons (Fsp3) is 0.500. The van der Waals surface area contributed by atoms with E-state index in [2.05, 4.69) is 10.6 Å². The number of thiophene rings is 1. The minimum atomic E-state index is -2.89. The Labute approximate surface area is 230 Å². The van der Waals surface area contributed by atoms with E-state index in [0.717, 1.165) is 11.3 Å². The number of rotatable bonds is 10. The molecule has 38 heavy (non-hydrogen) atoms. The van der Waals surface area contributed by atoms with E-state index in [4.69, 9.17) is 16.3 Å². The van der Waals surface area contributed by atoms with Gasteiger partial charge < -0.3 is 20.3 Å². The smallest absolute Gasteiger partial charge is 0.265 e. The highest BCUT2D eigenvalue weighted by molar-refractivity contribution is 7.18. The number of nitrogens with zero attached hydrogens (tertiary/aromatic N) is 2. The second-order valence-electron chi connectivity index (χ2n) is 10.1. The van der Waals surface area contributed by atoms with Crippen molar-refractivity contribution in [3.05, 3.63) is 45.1 Å². The number of nitrogens with one attached hydrogen (secondary N) is 2. The molecule has 0 bridgehead atoms. The molecule has 1 atom stereocenters. The molecule has 2 N–H and O–H groups in total. The molecule has 208 valence electrons. The van der Waals surface area contributed by atoms with Gasteiger partial charge in [-0.25, -0.2) is 8.78 Å². The maximum atomic E-state index is 14.1. The van der Waals surface area contributed by atoms with Crippen LogP contribution in [-0.2, 0) is 14.3 Å². The molecule has 1 aliphatic rings. The van der Waals surface area contributed by atoms with Gasteiger partial charge in [-0.2, -0.15) is 0 Å². The van der Waals surface area contributed by atoms with Crippen LogP contribution < -0.4 is 15.5 Å². The van der Waals surface area contributed by atoms with Gasteiger partial charge in [-0.15, -0.1) is 11.3 Å². The van der Waals surface area contributed by atoms with Gasteiger partial charge in [-0.05, 0) is 42.3 Å². The van der Waals surface area contributed by atoms with Gasteiger partial charge in [0.05, 0.1) is 15.8 Å². The number of amides is 3. The Morgan fingerprint density at radius 1 is 1.24 bits per heavy atom. The lowest BCUT2D eigenvalue weighted by atomic mass is 9.95. The Morgan fingerprint density at radius 3 is 2.55 bits per heavy atom. The molecule has 2 heterocycles. The lowest BCUT2D eigenvalue weighted by Gasteiger charge is -2.35. The number of morpholine rings is 1. The summed E-state index contributed by atoms with van der Waals surface area (Å²) in [5.74, 6) is -1.23. The first kappa shape index (κ1) is 29.9. The number of ether oxygens (including phenoxy) is 1. The van der Waals surface area contributed by atoms with Crippen molar-refractivity contribution in [2.24, 2.45) is 5.41 Å². The molecular weight excluding hydrogens is 538 g/mol. The van der Waals surface area contributed by atoms with E-state index in [1.165, 1.54) is 23.1 Å². The highest BCUT2D eigenvalue weighted by atomic mass is 35.5. The van der Waals surface area contributed by atoms with Gasteiger partial charge in [-0.1, -0.05) is 39.3 Å². The summed E-state index contributed by atoms with van der Waals surface area (Å²) in [5.41, 5.74) is -0.305. The maximum Gasteiger partial charge on any atom is 0.265 e. The van der Waals surface area contributed by atoms with E-state index in [1.807, 2.05) is 32.6 Å². The highest BCUT2D eigenvalue weighted by Gasteiger charge is 2.30. The average molecular weight is 571 g/mol. The largest absolute Gasteiger partial charge is 0.370 e. The van der Waals surface area contributed by atoms with Crippen LogP contribution in [0.1, 0.15) is 49.4 Å². The molecule has 1 aromatic heterocycles. The molecule has 1 aliphatic heterocycles. The minimum absolute atomic E-state index is 0.0333. The number of alkyl halides is 2. The van der Waals surface area contributed by atoms with E-state index in [-0.39, 0.29) is 42.6 Å². The SMILES string of the molecule is CCN(CC(C)(C)C)[C@H](CNC(=O)c1ccc(Cl)s1)C(=O)Nc1ccc(N2CCOCC2=O)cc1C(F)F. The fourth-order valence-electron chi connectivity index (χ4n) is 4.17. The first-order valence-electron chi connectivity index (χ1n) is 12.3. The van der Waals surface area contributed by atoms with Crippen LogP contribution >= 0.6 is 22.9 Å². The van der Waals surface area contributed by atoms with E-state index < -0.39 is 23.9 Å². The molecular formula is C26H33ClF2N4O4S. The third-order valence-electron chi connectivity index (χ3n) is 5.91. The molecule has 0 aliphatic carbocycles. The lowest BCUT2D eigenvalue weighted by molar-refractivity contribution is -0.125. The number of carbonyl (C=O) groups excluding carboxylic acids is 3. The van der Waals surface area contributed by atoms with Crippen LogP contribution in [0, 0.1) is 5.41 Å². The minimum Gasteiger partial charge on any atom is -0.370 e. The molecule has 3 rings (SSSR count). The normalized spacial score (nSPS) is 15.2. The molecule has 1 fully saturated rings. The van der Waals surface area contributed by atoms with Crippen molar-refractivity contribution < 1.29 is 27.9 Å². The zero-order valence-electron chi connectivity index (χ0n) is 21.9. The Hall–Kier alpha value is -2.60. The Bertz CT molecular complexity index is 1150. The molecule has 3 amide bonds. The van der Waals surface area contributed by atoms with E-state index in [1.54, 1.807) is 12.1 Å². The van der Waals surface area contributed by atoms with Crippen molar-refractivity contribution in [2.75, 3.05) is 49.6 Å². The summed E-state index contributed by atoms with van der Waals surface area (Å²) in [7, 11) is 0. The quantitative estimate of drug-likeness (QED) is 0.428. The van der Waals surface area contributed by atoms with E-state index in [0.29, 0.717) is 34.6 Å². The molecule has 12 heteroatoms. The maximum absolute atomic E-state index is 14.1. The van der Waals surface area contributed by atoms with Crippen LogP contribution in [0.5, 0.6) is 0 Å². The number of benzene rings is 1. The van der Waals surface area contributed by atoms with Crippen LogP contribution in [0.4, 0.5) is 20.2 Å². The summed E-state index contributed by atoms with van der Waals surface area (Å²) in [6.45, 7) is 9.40. The van der Waals surface area contributed by atoms with Crippen molar-refractivity contribution in [3.8, 4) is 0 Å². The summed E-state index contributed by atoms with van der Waals surface area (Å²) in [4.78, 5) is 42.0. The van der Waals surface area contributed by atoms with Gasteiger partial charge in [-0.3, -0.25) is 19.3 Å². The van der Waals surface area contributed by atoms with Gasteiger partial charge in [0.25, 0.3) is 18.2 Å². The molecule has 0 unspecified atom stereocenters. The summed E-state index contributed by atoms with van der Waals surface area (Å²) in [6, 6.07) is 6.50. The van der Waals surface area contributed by atoms with Crippen molar-refractivity contribution in [1.29, 1.82) is 0 Å². The second kappa shape index (κ2) is 13.0. The third-order valence-corrected chi connectivity index (χ3v) is 7.14. The Morgan fingerprint density at radius 2 is 1.97 bits per heavy atom. The number of anilines is 2. The van der Waals surface area contributed by atoms with Crippen molar-refractivity contribution in [3.63, 3.8) is 0 Å². The molecule has 8 nitrogen and oxygen atoms in total. The molecule has 0 spiro atoms. The van der Waals surface area contributed by atoms with Crippen LogP contribution in [0.25, 0.3) is 0 Å². The fourth-order valence-corrected chi connectivity index (χ4v) is 5.13. The van der Waals surface area contributed by atoms with Gasteiger partial charge in [0.2, 0.25) is 5.91 Å². The molecule has 1 saturated heterocycles. The van der Waals surface area contributed by atoms with Crippen molar-refractivity contribution in [2.45, 2.75) is 40.2 Å². The zero-order valence-corrected chi connectivity index (χ0v) is 23.4. The zero-order chi connectivity index (χ0) is 28.0.